The molecule has 1 aromatic rings. The maximum absolute atomic E-state index is 6.24. The number of nitrogens with zero attached hydrogens (tertiary/aromatic N) is 1. The number of hydrogen-bond acceptors (Lipinski definition) is 1. The van der Waals surface area contributed by atoms with Gasteiger partial charge in [0.25, 0.3) is 0 Å². The lowest BCUT2D eigenvalue weighted by Crippen LogP contribution is -2.25. The summed E-state index contributed by atoms with van der Waals surface area (Å²) in [4.78, 5) is 2.38. The maximum Gasteiger partial charge on any atom is 0.0453 e. The summed E-state index contributed by atoms with van der Waals surface area (Å²) in [5.41, 5.74) is 1.22. The molecule has 0 spiro atoms. The van der Waals surface area contributed by atoms with Gasteiger partial charge in [0, 0.05) is 16.4 Å². The van der Waals surface area contributed by atoms with E-state index in [0.717, 1.165) is 22.8 Å². The van der Waals surface area contributed by atoms with E-state index in [0.29, 0.717) is 6.04 Å². The van der Waals surface area contributed by atoms with Gasteiger partial charge in [-0.15, -0.1) is 0 Å². The van der Waals surface area contributed by atoms with Crippen LogP contribution in [-0.4, -0.2) is 23.8 Å². The molecular weight excluding hydrogens is 310 g/mol. The number of halogens is 2. The van der Waals surface area contributed by atoms with E-state index < -0.39 is 0 Å². The van der Waals surface area contributed by atoms with Crippen molar-refractivity contribution in [1.82, 2.24) is 4.90 Å². The van der Waals surface area contributed by atoms with Crippen LogP contribution in [0.15, 0.2) is 24.3 Å². The zero-order valence-corrected chi connectivity index (χ0v) is 13.8. The predicted octanol–water partition coefficient (Wildman–Crippen LogP) is 5.14. The number of hydrogen-bond donors (Lipinski definition) is 0. The van der Waals surface area contributed by atoms with Crippen molar-refractivity contribution in [2.45, 2.75) is 32.7 Å². The second-order valence-corrected chi connectivity index (χ2v) is 6.25. The SMILES string of the molecule is CC(CCBr)CCN(C)C(C)c1ccccc1Cl. The van der Waals surface area contributed by atoms with E-state index in [-0.39, 0.29) is 0 Å². The molecule has 0 amide bonds. The summed E-state index contributed by atoms with van der Waals surface area (Å²) in [7, 11) is 2.18. The van der Waals surface area contributed by atoms with Gasteiger partial charge >= 0.3 is 0 Å². The van der Waals surface area contributed by atoms with Gasteiger partial charge in [0.15, 0.2) is 0 Å². The fourth-order valence-corrected chi connectivity index (χ4v) is 3.07. The molecule has 0 aromatic heterocycles. The van der Waals surface area contributed by atoms with Gasteiger partial charge in [-0.3, -0.25) is 4.90 Å². The smallest absolute Gasteiger partial charge is 0.0453 e. The lowest BCUT2D eigenvalue weighted by molar-refractivity contribution is 0.242. The van der Waals surface area contributed by atoms with Crippen LogP contribution in [0.3, 0.4) is 0 Å². The number of rotatable bonds is 7. The fraction of sp³-hybridized carbons (Fsp3) is 0.600. The van der Waals surface area contributed by atoms with Crippen LogP contribution in [0.2, 0.25) is 5.02 Å². The van der Waals surface area contributed by atoms with Crippen LogP contribution in [0.4, 0.5) is 0 Å². The molecule has 0 bridgehead atoms. The van der Waals surface area contributed by atoms with Crippen molar-refractivity contribution in [3.8, 4) is 0 Å². The van der Waals surface area contributed by atoms with Crippen molar-refractivity contribution in [1.29, 1.82) is 0 Å². The fourth-order valence-electron chi connectivity index (χ4n) is 2.00. The number of benzene rings is 1. The molecule has 0 radical (unpaired) electrons. The third-order valence-corrected chi connectivity index (χ3v) is 4.40. The van der Waals surface area contributed by atoms with E-state index in [1.165, 1.54) is 18.4 Å². The Balaban J connectivity index is 2.51. The minimum atomic E-state index is 0.370. The molecule has 2 unspecified atom stereocenters. The Kier molecular flexibility index (Phi) is 7.28. The van der Waals surface area contributed by atoms with Crippen LogP contribution in [0.5, 0.6) is 0 Å². The maximum atomic E-state index is 6.24. The standard InChI is InChI=1S/C15H23BrClN/c1-12(8-10-16)9-11-18(3)13(2)14-6-4-5-7-15(14)17/h4-7,12-13H,8-11H2,1-3H3. The average Bonchev–Trinajstić information content (AvgIpc) is 2.36. The first kappa shape index (κ1) is 16.0. The molecule has 1 nitrogen and oxygen atoms in total. The van der Waals surface area contributed by atoms with Crippen LogP contribution in [0, 0.1) is 5.92 Å². The Morgan fingerprint density at radius 1 is 1.22 bits per heavy atom. The van der Waals surface area contributed by atoms with E-state index in [9.17, 15) is 0 Å². The van der Waals surface area contributed by atoms with Gasteiger partial charge in [0.1, 0.15) is 0 Å². The molecule has 0 heterocycles. The highest BCUT2D eigenvalue weighted by Crippen LogP contribution is 2.26. The Morgan fingerprint density at radius 2 is 1.89 bits per heavy atom. The minimum Gasteiger partial charge on any atom is -0.300 e. The summed E-state index contributed by atoms with van der Waals surface area (Å²) in [5.74, 6) is 0.769. The zero-order chi connectivity index (χ0) is 13.5. The van der Waals surface area contributed by atoms with E-state index >= 15 is 0 Å². The topological polar surface area (TPSA) is 3.24 Å². The molecule has 102 valence electrons. The van der Waals surface area contributed by atoms with E-state index in [1.54, 1.807) is 0 Å². The molecule has 0 N–H and O–H groups in total. The largest absolute Gasteiger partial charge is 0.300 e. The van der Waals surface area contributed by atoms with E-state index in [1.807, 2.05) is 12.1 Å². The molecule has 0 aliphatic rings. The van der Waals surface area contributed by atoms with Gasteiger partial charge in [-0.1, -0.05) is 52.7 Å². The molecule has 0 saturated carbocycles. The Hall–Kier alpha value is -0.0500. The Morgan fingerprint density at radius 3 is 2.50 bits per heavy atom. The van der Waals surface area contributed by atoms with Gasteiger partial charge in [-0.05, 0) is 50.9 Å². The minimum absolute atomic E-state index is 0.370. The predicted molar refractivity (Wildman–Crippen MR) is 84.7 cm³/mol. The summed E-state index contributed by atoms with van der Waals surface area (Å²) in [6.45, 7) is 5.65. The van der Waals surface area contributed by atoms with Crippen molar-refractivity contribution >= 4 is 27.5 Å². The molecule has 0 fully saturated rings. The third-order valence-electron chi connectivity index (χ3n) is 3.59. The molecule has 18 heavy (non-hydrogen) atoms. The normalized spacial score (nSPS) is 14.8. The van der Waals surface area contributed by atoms with Gasteiger partial charge in [-0.25, -0.2) is 0 Å². The highest BCUT2D eigenvalue weighted by molar-refractivity contribution is 9.09. The summed E-state index contributed by atoms with van der Waals surface area (Å²) < 4.78 is 0. The second kappa shape index (κ2) is 8.19. The van der Waals surface area contributed by atoms with Crippen molar-refractivity contribution in [2.24, 2.45) is 5.92 Å². The van der Waals surface area contributed by atoms with Crippen molar-refractivity contribution < 1.29 is 0 Å². The third kappa shape index (κ3) is 4.91. The lowest BCUT2D eigenvalue weighted by atomic mass is 10.0. The molecule has 0 aliphatic heterocycles. The van der Waals surface area contributed by atoms with Crippen molar-refractivity contribution in [2.75, 3.05) is 18.9 Å². The van der Waals surface area contributed by atoms with Crippen molar-refractivity contribution in [3.05, 3.63) is 34.9 Å². The van der Waals surface area contributed by atoms with Crippen LogP contribution < -0.4 is 0 Å². The Labute approximate surface area is 125 Å². The highest BCUT2D eigenvalue weighted by Gasteiger charge is 2.14. The lowest BCUT2D eigenvalue weighted by Gasteiger charge is -2.27. The molecule has 3 heteroatoms. The summed E-state index contributed by atoms with van der Waals surface area (Å²) >= 11 is 9.74. The highest BCUT2D eigenvalue weighted by atomic mass is 79.9. The van der Waals surface area contributed by atoms with Crippen LogP contribution in [0.25, 0.3) is 0 Å². The molecule has 1 rings (SSSR count). The van der Waals surface area contributed by atoms with Crippen LogP contribution in [0.1, 0.15) is 38.3 Å². The molecule has 1 aromatic carbocycles. The van der Waals surface area contributed by atoms with Crippen LogP contribution in [-0.2, 0) is 0 Å². The van der Waals surface area contributed by atoms with E-state index in [2.05, 4.69) is 53.9 Å². The number of alkyl halides is 1. The van der Waals surface area contributed by atoms with Crippen molar-refractivity contribution in [3.63, 3.8) is 0 Å². The first-order chi connectivity index (χ1) is 8.56. The Bertz CT molecular complexity index is 356. The van der Waals surface area contributed by atoms with Gasteiger partial charge in [-0.2, -0.15) is 0 Å². The molecule has 0 aliphatic carbocycles. The first-order valence-electron chi connectivity index (χ1n) is 6.57. The summed E-state index contributed by atoms with van der Waals surface area (Å²) in [6.07, 6.45) is 2.48. The van der Waals surface area contributed by atoms with Gasteiger partial charge < -0.3 is 0 Å². The summed E-state index contributed by atoms with van der Waals surface area (Å²) in [5, 5.41) is 1.96. The first-order valence-corrected chi connectivity index (χ1v) is 8.06. The van der Waals surface area contributed by atoms with Gasteiger partial charge in [0.05, 0.1) is 0 Å². The molecule has 2 atom stereocenters. The quantitative estimate of drug-likeness (QED) is 0.625. The second-order valence-electron chi connectivity index (χ2n) is 5.05. The summed E-state index contributed by atoms with van der Waals surface area (Å²) in [6, 6.07) is 8.49. The van der Waals surface area contributed by atoms with Crippen LogP contribution >= 0.6 is 27.5 Å². The van der Waals surface area contributed by atoms with Gasteiger partial charge in [0.2, 0.25) is 0 Å². The molecule has 0 saturated heterocycles. The van der Waals surface area contributed by atoms with E-state index in [4.69, 9.17) is 11.6 Å². The molecular formula is C15H23BrClN. The zero-order valence-electron chi connectivity index (χ0n) is 11.5. The average molecular weight is 333 g/mol. The monoisotopic (exact) mass is 331 g/mol.